The largest absolute Gasteiger partial charge is 0.457 e. The van der Waals surface area contributed by atoms with Crippen LogP contribution >= 0.6 is 0 Å². The van der Waals surface area contributed by atoms with E-state index in [2.05, 4.69) is 189 Å². The molecule has 2 aromatic heterocycles. The van der Waals surface area contributed by atoms with Gasteiger partial charge in [-0.25, -0.2) is 4.98 Å². The standard InChI is InChI=1S/C62H54N4O/c1-61(2,3)45-33-31-44(32-34-45)50-27-18-26-49(42-19-9-7-10-20-42)60(50)65-41-64(56-29-15-16-30-57(56)65)46-23-17-24-47(37-46)67-48-35-36-52-51-25-13-14-28-55(51)66(58(52)38-48)59-39-54(62(4,5)6)53(40-63-59)43-21-11-8-12-22-43/h7-40H,41H2,1-6H3/i17D,23D,24D. The van der Waals surface area contributed by atoms with E-state index in [1.165, 1.54) is 11.1 Å². The van der Waals surface area contributed by atoms with Gasteiger partial charge in [-0.05, 0) is 87.1 Å². The maximum absolute atomic E-state index is 9.40. The molecule has 5 heteroatoms. The number of benzene rings is 8. The van der Waals surface area contributed by atoms with Crippen LogP contribution in [0.5, 0.6) is 11.5 Å². The second-order valence-corrected chi connectivity index (χ2v) is 19.5. The summed E-state index contributed by atoms with van der Waals surface area (Å²) in [5.41, 5.74) is 14.2. The molecule has 0 atom stereocenters. The summed E-state index contributed by atoms with van der Waals surface area (Å²) >= 11 is 0. The van der Waals surface area contributed by atoms with Crippen molar-refractivity contribution in [3.05, 3.63) is 217 Å². The Hall–Kier alpha value is -7.89. The van der Waals surface area contributed by atoms with Crippen molar-refractivity contribution in [2.75, 3.05) is 16.5 Å². The number of nitrogens with zero attached hydrogens (tertiary/aromatic N) is 4. The summed E-state index contributed by atoms with van der Waals surface area (Å²) in [5, 5.41) is 2.12. The summed E-state index contributed by atoms with van der Waals surface area (Å²) in [5.74, 6) is 1.49. The zero-order valence-electron chi connectivity index (χ0n) is 41.8. The Morgan fingerprint density at radius 2 is 1.12 bits per heavy atom. The van der Waals surface area contributed by atoms with Crippen LogP contribution in [-0.2, 0) is 10.8 Å². The van der Waals surface area contributed by atoms with Crippen molar-refractivity contribution in [2.24, 2.45) is 0 Å². The van der Waals surface area contributed by atoms with Crippen molar-refractivity contribution >= 4 is 44.6 Å². The van der Waals surface area contributed by atoms with Crippen LogP contribution in [0, 0.1) is 0 Å². The van der Waals surface area contributed by atoms with E-state index in [1.54, 1.807) is 6.07 Å². The van der Waals surface area contributed by atoms with E-state index in [-0.39, 0.29) is 34.7 Å². The molecule has 1 aliphatic rings. The average molecular weight is 874 g/mol. The minimum atomic E-state index is -0.208. The number of ether oxygens (including phenoxy) is 1. The fraction of sp³-hybridized carbons (Fsp3) is 0.145. The van der Waals surface area contributed by atoms with Crippen LogP contribution in [0.2, 0.25) is 0 Å². The Labute approximate surface area is 398 Å². The first-order chi connectivity index (χ1) is 33.7. The van der Waals surface area contributed by atoms with Crippen LogP contribution in [0.25, 0.3) is 61.0 Å². The lowest BCUT2D eigenvalue weighted by atomic mass is 9.82. The number of aromatic nitrogens is 2. The van der Waals surface area contributed by atoms with Gasteiger partial charge in [0.05, 0.1) is 32.2 Å². The predicted octanol–water partition coefficient (Wildman–Crippen LogP) is 16.8. The van der Waals surface area contributed by atoms with Gasteiger partial charge >= 0.3 is 0 Å². The summed E-state index contributed by atoms with van der Waals surface area (Å²) < 4.78 is 36.7. The third-order valence-corrected chi connectivity index (χ3v) is 13.0. The molecular formula is C62H54N4O. The zero-order chi connectivity index (χ0) is 48.5. The van der Waals surface area contributed by atoms with Crippen LogP contribution in [-0.4, -0.2) is 16.2 Å². The third kappa shape index (κ3) is 7.70. The van der Waals surface area contributed by atoms with Gasteiger partial charge in [-0.1, -0.05) is 181 Å². The van der Waals surface area contributed by atoms with E-state index in [1.807, 2.05) is 48.7 Å². The lowest BCUT2D eigenvalue weighted by Crippen LogP contribution is -2.25. The lowest BCUT2D eigenvalue weighted by Gasteiger charge is -2.27. The van der Waals surface area contributed by atoms with Crippen molar-refractivity contribution in [3.63, 3.8) is 0 Å². The fourth-order valence-corrected chi connectivity index (χ4v) is 9.66. The first-order valence-electron chi connectivity index (χ1n) is 24.6. The molecule has 0 radical (unpaired) electrons. The Morgan fingerprint density at radius 1 is 0.507 bits per heavy atom. The number of hydrogen-bond donors (Lipinski definition) is 0. The Morgan fingerprint density at radius 3 is 1.81 bits per heavy atom. The highest BCUT2D eigenvalue weighted by atomic mass is 16.5. The Kier molecular flexibility index (Phi) is 9.46. The SMILES string of the molecule is [2H]c1c(Oc2ccc3c4ccccc4n(-c4cc(C(C)(C)C)c(-c5ccccc5)cn4)c3c2)cc(N2CN(c3c(-c4ccccc4)cccc3-c3ccc(C(C)(C)C)cc3)c3ccccc32)c([2H])c1[2H]. The number of rotatable bonds is 8. The molecule has 0 saturated heterocycles. The van der Waals surface area contributed by atoms with Crippen molar-refractivity contribution in [2.45, 2.75) is 52.4 Å². The molecule has 0 aliphatic carbocycles. The van der Waals surface area contributed by atoms with Crippen LogP contribution in [0.15, 0.2) is 206 Å². The zero-order valence-corrected chi connectivity index (χ0v) is 38.8. The van der Waals surface area contributed by atoms with Crippen molar-refractivity contribution in [3.8, 4) is 50.7 Å². The second kappa shape index (κ2) is 16.5. The van der Waals surface area contributed by atoms with Gasteiger partial charge in [0, 0.05) is 51.5 Å². The fourth-order valence-electron chi connectivity index (χ4n) is 9.66. The van der Waals surface area contributed by atoms with Gasteiger partial charge in [0.1, 0.15) is 24.0 Å². The normalized spacial score (nSPS) is 13.4. The van der Waals surface area contributed by atoms with Gasteiger partial charge in [-0.15, -0.1) is 0 Å². The number of fused-ring (bicyclic) bond motifs is 4. The molecule has 0 unspecified atom stereocenters. The first-order valence-corrected chi connectivity index (χ1v) is 23.1. The highest BCUT2D eigenvalue weighted by Gasteiger charge is 2.32. The molecule has 328 valence electrons. The smallest absolute Gasteiger partial charge is 0.137 e. The Bertz CT molecular complexity index is 3610. The summed E-state index contributed by atoms with van der Waals surface area (Å²) in [4.78, 5) is 9.52. The molecule has 1 aliphatic heterocycles. The van der Waals surface area contributed by atoms with Crippen LogP contribution in [0.1, 0.15) is 56.8 Å². The van der Waals surface area contributed by atoms with E-state index >= 15 is 0 Å². The molecule has 0 saturated carbocycles. The molecule has 67 heavy (non-hydrogen) atoms. The topological polar surface area (TPSA) is 33.5 Å². The molecule has 0 N–H and O–H groups in total. The van der Waals surface area contributed by atoms with E-state index in [0.717, 1.165) is 78.1 Å². The minimum absolute atomic E-state index is 0.0140. The second-order valence-electron chi connectivity index (χ2n) is 19.5. The monoisotopic (exact) mass is 873 g/mol. The predicted molar refractivity (Wildman–Crippen MR) is 281 cm³/mol. The number of hydrogen-bond acceptors (Lipinski definition) is 4. The number of para-hydroxylation sites is 4. The maximum atomic E-state index is 9.40. The van der Waals surface area contributed by atoms with Crippen molar-refractivity contribution < 1.29 is 8.85 Å². The van der Waals surface area contributed by atoms with E-state index in [0.29, 0.717) is 18.1 Å². The molecule has 10 aromatic rings. The quantitative estimate of drug-likeness (QED) is 0.152. The summed E-state index contributed by atoms with van der Waals surface area (Å²) in [6.45, 7) is 13.8. The van der Waals surface area contributed by atoms with Crippen molar-refractivity contribution in [1.29, 1.82) is 0 Å². The van der Waals surface area contributed by atoms with Crippen molar-refractivity contribution in [1.82, 2.24) is 9.55 Å². The number of pyridine rings is 1. The summed E-state index contributed by atoms with van der Waals surface area (Å²) in [6, 6.07) is 62.4. The molecular weight excluding hydrogens is 817 g/mol. The van der Waals surface area contributed by atoms with Crippen LogP contribution < -0.4 is 14.5 Å². The molecule has 0 amide bonds. The van der Waals surface area contributed by atoms with Gasteiger partial charge in [0.15, 0.2) is 0 Å². The summed E-state index contributed by atoms with van der Waals surface area (Å²) in [6.07, 6.45) is 1.99. The summed E-state index contributed by atoms with van der Waals surface area (Å²) in [7, 11) is 0. The molecule has 8 aromatic carbocycles. The molecule has 3 heterocycles. The van der Waals surface area contributed by atoms with Gasteiger partial charge in [0.25, 0.3) is 0 Å². The van der Waals surface area contributed by atoms with Gasteiger partial charge in [-0.2, -0.15) is 0 Å². The van der Waals surface area contributed by atoms with E-state index in [9.17, 15) is 4.11 Å². The van der Waals surface area contributed by atoms with Gasteiger partial charge in [0.2, 0.25) is 0 Å². The minimum Gasteiger partial charge on any atom is -0.457 e. The molecule has 0 spiro atoms. The number of anilines is 4. The third-order valence-electron chi connectivity index (χ3n) is 13.0. The van der Waals surface area contributed by atoms with E-state index < -0.39 is 0 Å². The van der Waals surface area contributed by atoms with Gasteiger partial charge < -0.3 is 14.5 Å². The van der Waals surface area contributed by atoms with Gasteiger partial charge in [-0.3, -0.25) is 4.57 Å². The molecule has 0 bridgehead atoms. The lowest BCUT2D eigenvalue weighted by molar-refractivity contribution is 0.483. The van der Waals surface area contributed by atoms with Crippen LogP contribution in [0.3, 0.4) is 0 Å². The molecule has 5 nitrogen and oxygen atoms in total. The molecule has 0 fully saturated rings. The highest BCUT2D eigenvalue weighted by Crippen LogP contribution is 2.50. The first kappa shape index (κ1) is 38.4. The average Bonchev–Trinajstić information content (AvgIpc) is 3.92. The van der Waals surface area contributed by atoms with Crippen LogP contribution in [0.4, 0.5) is 22.7 Å². The molecule has 11 rings (SSSR count). The Balaban J connectivity index is 1.01. The van der Waals surface area contributed by atoms with E-state index in [4.69, 9.17) is 9.72 Å². The maximum Gasteiger partial charge on any atom is 0.137 e. The highest BCUT2D eigenvalue weighted by molar-refractivity contribution is 6.09.